The molecule has 2 aromatic rings. The molecule has 2 aromatic carbocycles. The van der Waals surface area contributed by atoms with Crippen LogP contribution >= 0.6 is 11.6 Å². The number of fused-ring (bicyclic) bond motifs is 1. The molecule has 2 fully saturated rings. The van der Waals surface area contributed by atoms with E-state index >= 15 is 0 Å². The topological polar surface area (TPSA) is 55.8 Å². The summed E-state index contributed by atoms with van der Waals surface area (Å²) in [6.45, 7) is 0.546. The molecule has 2 saturated heterocycles. The van der Waals surface area contributed by atoms with Gasteiger partial charge in [-0.1, -0.05) is 60.2 Å². The minimum absolute atomic E-state index is 0.129. The molecular formula is C22H18ClNO4. The van der Waals surface area contributed by atoms with Crippen LogP contribution in [0.1, 0.15) is 5.56 Å². The van der Waals surface area contributed by atoms with Gasteiger partial charge in [0, 0.05) is 10.7 Å². The number of hydrogen-bond donors (Lipinski definition) is 0. The molecule has 3 aliphatic heterocycles. The maximum atomic E-state index is 13.2. The fourth-order valence-corrected chi connectivity index (χ4v) is 4.64. The zero-order valence-corrected chi connectivity index (χ0v) is 15.7. The van der Waals surface area contributed by atoms with Gasteiger partial charge in [0.25, 0.3) is 0 Å². The highest BCUT2D eigenvalue weighted by Gasteiger charge is 2.67. The molecule has 2 bridgehead atoms. The summed E-state index contributed by atoms with van der Waals surface area (Å²) in [5, 5.41) is 0.555. The average molecular weight is 396 g/mol. The molecule has 3 heterocycles. The van der Waals surface area contributed by atoms with Gasteiger partial charge in [-0.25, -0.2) is 0 Å². The third kappa shape index (κ3) is 2.65. The van der Waals surface area contributed by atoms with Crippen molar-refractivity contribution in [3.8, 4) is 0 Å². The van der Waals surface area contributed by atoms with Crippen LogP contribution in [0.3, 0.4) is 0 Å². The summed E-state index contributed by atoms with van der Waals surface area (Å²) in [7, 11) is 0. The van der Waals surface area contributed by atoms with E-state index in [9.17, 15) is 9.59 Å². The summed E-state index contributed by atoms with van der Waals surface area (Å²) in [6, 6.07) is 16.6. The summed E-state index contributed by atoms with van der Waals surface area (Å²) in [6.07, 6.45) is 3.38. The van der Waals surface area contributed by atoms with E-state index < -0.39 is 29.5 Å². The Labute approximate surface area is 167 Å². The van der Waals surface area contributed by atoms with E-state index in [1.807, 2.05) is 48.6 Å². The van der Waals surface area contributed by atoms with Crippen molar-refractivity contribution in [2.24, 2.45) is 11.8 Å². The van der Waals surface area contributed by atoms with Crippen LogP contribution in [-0.2, 0) is 25.7 Å². The SMILES string of the molecule is O=C(OCc1ccccc1)[C@@H]1[C@H]2C(=O)N(c3cccc(Cl)c3)C[C@@]23C=C[C@H]1O3. The Morgan fingerprint density at radius 2 is 2.04 bits per heavy atom. The number of carbonyl (C=O) groups excluding carboxylic acids is 2. The van der Waals surface area contributed by atoms with Crippen molar-refractivity contribution in [3.05, 3.63) is 77.3 Å². The lowest BCUT2D eigenvalue weighted by molar-refractivity contribution is -0.153. The second kappa shape index (κ2) is 6.47. The standard InChI is InChI=1S/C22H18ClNO4/c23-15-7-4-8-16(11-15)24-13-22-10-9-17(28-22)18(19(22)20(24)25)21(26)27-12-14-5-2-1-3-6-14/h1-11,17-19H,12-13H2/t17-,18+,19+,22+/m1/s1. The number of ether oxygens (including phenoxy) is 2. The highest BCUT2D eigenvalue weighted by Crippen LogP contribution is 2.53. The Kier molecular flexibility index (Phi) is 4.03. The second-order valence-corrected chi connectivity index (χ2v) is 7.83. The molecule has 0 aromatic heterocycles. The van der Waals surface area contributed by atoms with Crippen LogP contribution in [0.2, 0.25) is 5.02 Å². The quantitative estimate of drug-likeness (QED) is 0.588. The third-order valence-corrected chi connectivity index (χ3v) is 5.95. The monoisotopic (exact) mass is 395 g/mol. The lowest BCUT2D eigenvalue weighted by Crippen LogP contribution is -2.40. The first-order chi connectivity index (χ1) is 13.6. The van der Waals surface area contributed by atoms with E-state index in [-0.39, 0.29) is 12.5 Å². The summed E-state index contributed by atoms with van der Waals surface area (Å²) >= 11 is 6.09. The van der Waals surface area contributed by atoms with E-state index in [1.54, 1.807) is 23.1 Å². The van der Waals surface area contributed by atoms with Crippen LogP contribution in [0, 0.1) is 11.8 Å². The minimum atomic E-state index is -0.777. The smallest absolute Gasteiger partial charge is 0.313 e. The van der Waals surface area contributed by atoms with Gasteiger partial charge in [0.15, 0.2) is 0 Å². The van der Waals surface area contributed by atoms with Crippen LogP contribution in [-0.4, -0.2) is 30.1 Å². The predicted molar refractivity (Wildman–Crippen MR) is 104 cm³/mol. The largest absolute Gasteiger partial charge is 0.460 e. The first kappa shape index (κ1) is 17.5. The van der Waals surface area contributed by atoms with Crippen molar-refractivity contribution in [1.29, 1.82) is 0 Å². The normalized spacial score (nSPS) is 30.0. The number of anilines is 1. The van der Waals surface area contributed by atoms with Gasteiger partial charge in [-0.05, 0) is 23.8 Å². The predicted octanol–water partition coefficient (Wildman–Crippen LogP) is 3.37. The number of carbonyl (C=O) groups is 2. The number of amides is 1. The molecule has 5 rings (SSSR count). The number of halogens is 1. The van der Waals surface area contributed by atoms with E-state index in [0.29, 0.717) is 17.3 Å². The van der Waals surface area contributed by atoms with Crippen molar-refractivity contribution in [3.63, 3.8) is 0 Å². The van der Waals surface area contributed by atoms with Crippen LogP contribution in [0.5, 0.6) is 0 Å². The molecule has 0 N–H and O–H groups in total. The first-order valence-electron chi connectivity index (χ1n) is 9.22. The fraction of sp³-hybridized carbons (Fsp3) is 0.273. The Balaban J connectivity index is 1.39. The molecule has 6 heteroatoms. The van der Waals surface area contributed by atoms with E-state index in [2.05, 4.69) is 0 Å². The summed E-state index contributed by atoms with van der Waals surface area (Å²) in [5.74, 6) is -1.74. The lowest BCUT2D eigenvalue weighted by atomic mass is 9.77. The molecule has 4 atom stereocenters. The molecule has 28 heavy (non-hydrogen) atoms. The van der Waals surface area contributed by atoms with E-state index in [1.165, 1.54) is 0 Å². The van der Waals surface area contributed by atoms with Gasteiger partial charge in [0.2, 0.25) is 5.91 Å². The van der Waals surface area contributed by atoms with Gasteiger partial charge in [-0.15, -0.1) is 0 Å². The molecule has 1 spiro atoms. The summed E-state index contributed by atoms with van der Waals surface area (Å²) in [4.78, 5) is 27.7. The molecular weight excluding hydrogens is 378 g/mol. The zero-order valence-electron chi connectivity index (χ0n) is 15.0. The maximum Gasteiger partial charge on any atom is 0.313 e. The fourth-order valence-electron chi connectivity index (χ4n) is 4.45. The molecule has 142 valence electrons. The molecule has 0 unspecified atom stereocenters. The highest BCUT2D eigenvalue weighted by molar-refractivity contribution is 6.31. The van der Waals surface area contributed by atoms with Crippen molar-refractivity contribution < 1.29 is 19.1 Å². The van der Waals surface area contributed by atoms with Crippen LogP contribution in [0.15, 0.2) is 66.7 Å². The van der Waals surface area contributed by atoms with Crippen molar-refractivity contribution in [2.75, 3.05) is 11.4 Å². The maximum absolute atomic E-state index is 13.2. The van der Waals surface area contributed by atoms with Gasteiger partial charge < -0.3 is 14.4 Å². The van der Waals surface area contributed by atoms with Gasteiger partial charge >= 0.3 is 5.97 Å². The lowest BCUT2D eigenvalue weighted by Gasteiger charge is -2.22. The zero-order chi connectivity index (χ0) is 19.3. The Morgan fingerprint density at radius 1 is 1.21 bits per heavy atom. The molecule has 1 amide bonds. The highest BCUT2D eigenvalue weighted by atomic mass is 35.5. The summed E-state index contributed by atoms with van der Waals surface area (Å²) in [5.41, 5.74) is 0.835. The summed E-state index contributed by atoms with van der Waals surface area (Å²) < 4.78 is 11.6. The van der Waals surface area contributed by atoms with Crippen molar-refractivity contribution >= 4 is 29.2 Å². The van der Waals surface area contributed by atoms with Crippen molar-refractivity contribution in [1.82, 2.24) is 0 Å². The number of hydrogen-bond acceptors (Lipinski definition) is 4. The minimum Gasteiger partial charge on any atom is -0.460 e. The molecule has 0 saturated carbocycles. The van der Waals surface area contributed by atoms with Crippen LogP contribution < -0.4 is 4.90 Å². The number of rotatable bonds is 4. The Hall–Kier alpha value is -2.63. The van der Waals surface area contributed by atoms with Gasteiger partial charge in [0.1, 0.15) is 18.1 Å². The molecule has 3 aliphatic rings. The third-order valence-electron chi connectivity index (χ3n) is 5.72. The van der Waals surface area contributed by atoms with Crippen LogP contribution in [0.4, 0.5) is 5.69 Å². The molecule has 0 radical (unpaired) electrons. The van der Waals surface area contributed by atoms with Crippen LogP contribution in [0.25, 0.3) is 0 Å². The number of benzene rings is 2. The van der Waals surface area contributed by atoms with E-state index in [0.717, 1.165) is 5.56 Å². The van der Waals surface area contributed by atoms with Gasteiger partial charge in [-0.2, -0.15) is 0 Å². The van der Waals surface area contributed by atoms with Gasteiger partial charge in [0.05, 0.1) is 18.6 Å². The first-order valence-corrected chi connectivity index (χ1v) is 9.60. The Bertz CT molecular complexity index is 976. The molecule has 5 nitrogen and oxygen atoms in total. The number of nitrogens with zero attached hydrogens (tertiary/aromatic N) is 1. The average Bonchev–Trinajstić information content (AvgIpc) is 3.35. The number of esters is 1. The second-order valence-electron chi connectivity index (χ2n) is 7.40. The van der Waals surface area contributed by atoms with Gasteiger partial charge in [-0.3, -0.25) is 9.59 Å². The molecule has 0 aliphatic carbocycles. The van der Waals surface area contributed by atoms with Crippen molar-refractivity contribution in [2.45, 2.75) is 18.3 Å². The van der Waals surface area contributed by atoms with E-state index in [4.69, 9.17) is 21.1 Å². The Morgan fingerprint density at radius 3 is 2.82 bits per heavy atom.